The maximum absolute atomic E-state index is 12.6. The summed E-state index contributed by atoms with van der Waals surface area (Å²) in [5.74, 6) is -0.134. The van der Waals surface area contributed by atoms with Crippen molar-refractivity contribution in [3.63, 3.8) is 0 Å². The molecule has 1 aromatic heterocycles. The van der Waals surface area contributed by atoms with Crippen molar-refractivity contribution < 1.29 is 14.3 Å². The number of esters is 1. The molecule has 0 spiro atoms. The van der Waals surface area contributed by atoms with Crippen molar-refractivity contribution in [2.75, 3.05) is 6.54 Å². The van der Waals surface area contributed by atoms with Gasteiger partial charge in [0.2, 0.25) is 0 Å². The number of nitrogens with one attached hydrogen (secondary N) is 1. The molecular weight excluding hydrogens is 286 g/mol. The summed E-state index contributed by atoms with van der Waals surface area (Å²) in [6.45, 7) is 8.19. The van der Waals surface area contributed by atoms with E-state index in [1.807, 2.05) is 20.8 Å². The fourth-order valence-electron chi connectivity index (χ4n) is 1.91. The minimum Gasteiger partial charge on any atom is -0.449 e. The van der Waals surface area contributed by atoms with E-state index in [0.717, 1.165) is 0 Å². The second-order valence-electron chi connectivity index (χ2n) is 5.24. The molecule has 1 rings (SSSR count). The second-order valence-corrected chi connectivity index (χ2v) is 5.24. The van der Waals surface area contributed by atoms with E-state index in [1.54, 1.807) is 17.9 Å². The van der Waals surface area contributed by atoms with Crippen molar-refractivity contribution in [2.24, 2.45) is 5.92 Å². The van der Waals surface area contributed by atoms with Gasteiger partial charge in [0.05, 0.1) is 6.54 Å². The van der Waals surface area contributed by atoms with E-state index in [-0.39, 0.29) is 18.4 Å². The maximum atomic E-state index is 12.6. The van der Waals surface area contributed by atoms with Crippen LogP contribution in [0.5, 0.6) is 0 Å². The normalized spacial score (nSPS) is 12.6. The molecule has 0 radical (unpaired) electrons. The SMILES string of the molecule is CC=CC(=O)O[C@@H](CC(C)C)C(=O)N(CC)Cc1nn[nH]n1. The first kappa shape index (κ1) is 17.8. The summed E-state index contributed by atoms with van der Waals surface area (Å²) in [7, 11) is 0. The Morgan fingerprint density at radius 2 is 2.14 bits per heavy atom. The number of aromatic nitrogens is 4. The molecule has 0 saturated carbocycles. The van der Waals surface area contributed by atoms with E-state index in [9.17, 15) is 9.59 Å². The number of ether oxygens (including phenoxy) is 1. The molecule has 1 amide bonds. The summed E-state index contributed by atoms with van der Waals surface area (Å²) in [6.07, 6.45) is 2.53. The number of hydrogen-bond donors (Lipinski definition) is 1. The average molecular weight is 309 g/mol. The topological polar surface area (TPSA) is 101 Å². The minimum absolute atomic E-state index is 0.219. The number of hydrogen-bond acceptors (Lipinski definition) is 6. The zero-order valence-corrected chi connectivity index (χ0v) is 13.4. The van der Waals surface area contributed by atoms with E-state index in [2.05, 4.69) is 20.6 Å². The van der Waals surface area contributed by atoms with Crippen LogP contribution in [-0.4, -0.2) is 50.0 Å². The Bertz CT molecular complexity index is 499. The zero-order valence-electron chi connectivity index (χ0n) is 13.4. The van der Waals surface area contributed by atoms with Crippen LogP contribution in [0.1, 0.15) is 39.9 Å². The number of carbonyl (C=O) groups is 2. The first-order valence-electron chi connectivity index (χ1n) is 7.32. The number of carbonyl (C=O) groups excluding carboxylic acids is 2. The molecule has 122 valence electrons. The first-order chi connectivity index (χ1) is 10.5. The van der Waals surface area contributed by atoms with Gasteiger partial charge in [-0.15, -0.1) is 10.2 Å². The zero-order chi connectivity index (χ0) is 16.5. The summed E-state index contributed by atoms with van der Waals surface area (Å²) < 4.78 is 5.28. The number of H-pyrrole nitrogens is 1. The fourth-order valence-corrected chi connectivity index (χ4v) is 1.91. The molecule has 8 nitrogen and oxygen atoms in total. The van der Waals surface area contributed by atoms with Gasteiger partial charge in [-0.25, -0.2) is 4.79 Å². The van der Waals surface area contributed by atoms with Crippen molar-refractivity contribution in [3.8, 4) is 0 Å². The molecule has 22 heavy (non-hydrogen) atoms. The van der Waals surface area contributed by atoms with Crippen LogP contribution in [0.3, 0.4) is 0 Å². The fraction of sp³-hybridized carbons (Fsp3) is 0.643. The third kappa shape index (κ3) is 5.63. The molecule has 0 aliphatic heterocycles. The molecule has 1 heterocycles. The summed E-state index contributed by atoms with van der Waals surface area (Å²) in [5, 5.41) is 13.5. The lowest BCUT2D eigenvalue weighted by molar-refractivity contribution is -0.157. The highest BCUT2D eigenvalue weighted by atomic mass is 16.5. The van der Waals surface area contributed by atoms with E-state index in [4.69, 9.17) is 4.74 Å². The summed E-state index contributed by atoms with van der Waals surface area (Å²) in [5.41, 5.74) is 0. The van der Waals surface area contributed by atoms with Crippen LogP contribution in [0.2, 0.25) is 0 Å². The Morgan fingerprint density at radius 1 is 1.41 bits per heavy atom. The van der Waals surface area contributed by atoms with E-state index in [1.165, 1.54) is 6.08 Å². The predicted octanol–water partition coefficient (Wildman–Crippen LogP) is 1.08. The molecule has 0 aromatic carbocycles. The largest absolute Gasteiger partial charge is 0.449 e. The highest BCUT2D eigenvalue weighted by Crippen LogP contribution is 2.13. The Labute approximate surface area is 129 Å². The van der Waals surface area contributed by atoms with Crippen LogP contribution in [0.25, 0.3) is 0 Å². The van der Waals surface area contributed by atoms with Gasteiger partial charge >= 0.3 is 5.97 Å². The van der Waals surface area contributed by atoms with Gasteiger partial charge in [-0.2, -0.15) is 5.21 Å². The van der Waals surface area contributed by atoms with Crippen LogP contribution in [0.4, 0.5) is 0 Å². The lowest BCUT2D eigenvalue weighted by Gasteiger charge is -2.25. The van der Waals surface area contributed by atoms with Crippen LogP contribution in [0.15, 0.2) is 12.2 Å². The molecule has 1 aromatic rings. The van der Waals surface area contributed by atoms with Gasteiger partial charge in [0.25, 0.3) is 5.91 Å². The third-order valence-electron chi connectivity index (χ3n) is 2.94. The van der Waals surface area contributed by atoms with Crippen molar-refractivity contribution in [1.82, 2.24) is 25.5 Å². The number of rotatable bonds is 8. The lowest BCUT2D eigenvalue weighted by Crippen LogP contribution is -2.41. The highest BCUT2D eigenvalue weighted by molar-refractivity contribution is 5.87. The molecule has 0 saturated heterocycles. The lowest BCUT2D eigenvalue weighted by atomic mass is 10.0. The summed E-state index contributed by atoms with van der Waals surface area (Å²) >= 11 is 0. The Balaban J connectivity index is 2.80. The standard InChI is InChI=1S/C14H23N5O3/c1-5-7-13(20)22-11(8-10(3)4)14(21)19(6-2)9-12-15-17-18-16-12/h5,7,10-11H,6,8-9H2,1-4H3,(H,15,16,17,18)/t11-/m0/s1. The smallest absolute Gasteiger partial charge is 0.331 e. The summed E-state index contributed by atoms with van der Waals surface area (Å²) in [4.78, 5) is 25.8. The van der Waals surface area contributed by atoms with Gasteiger partial charge in [0.15, 0.2) is 11.9 Å². The maximum Gasteiger partial charge on any atom is 0.331 e. The molecular formula is C14H23N5O3. The Kier molecular flexibility index (Phi) is 7.21. The highest BCUT2D eigenvalue weighted by Gasteiger charge is 2.28. The Morgan fingerprint density at radius 3 is 2.64 bits per heavy atom. The number of amides is 1. The van der Waals surface area contributed by atoms with Crippen LogP contribution >= 0.6 is 0 Å². The van der Waals surface area contributed by atoms with Crippen molar-refractivity contribution in [1.29, 1.82) is 0 Å². The molecule has 8 heteroatoms. The van der Waals surface area contributed by atoms with Gasteiger partial charge in [-0.1, -0.05) is 25.1 Å². The number of allylic oxidation sites excluding steroid dienone is 1. The molecule has 0 unspecified atom stereocenters. The molecule has 1 N–H and O–H groups in total. The van der Waals surface area contributed by atoms with Gasteiger partial charge in [-0.3, -0.25) is 4.79 Å². The van der Waals surface area contributed by atoms with Crippen LogP contribution in [-0.2, 0) is 20.9 Å². The number of nitrogens with zero attached hydrogens (tertiary/aromatic N) is 4. The average Bonchev–Trinajstić information content (AvgIpc) is 2.96. The molecule has 1 atom stereocenters. The minimum atomic E-state index is -0.810. The quantitative estimate of drug-likeness (QED) is 0.569. The molecule has 0 bridgehead atoms. The van der Waals surface area contributed by atoms with E-state index in [0.29, 0.717) is 18.8 Å². The third-order valence-corrected chi connectivity index (χ3v) is 2.94. The second kappa shape index (κ2) is 8.91. The number of aromatic amines is 1. The van der Waals surface area contributed by atoms with Crippen LogP contribution in [0, 0.1) is 5.92 Å². The van der Waals surface area contributed by atoms with Crippen molar-refractivity contribution in [2.45, 2.75) is 46.8 Å². The van der Waals surface area contributed by atoms with Gasteiger partial charge in [0.1, 0.15) is 0 Å². The van der Waals surface area contributed by atoms with E-state index < -0.39 is 12.1 Å². The van der Waals surface area contributed by atoms with Crippen molar-refractivity contribution in [3.05, 3.63) is 18.0 Å². The Hall–Kier alpha value is -2.25. The molecule has 0 aliphatic rings. The van der Waals surface area contributed by atoms with Gasteiger partial charge < -0.3 is 9.64 Å². The first-order valence-corrected chi connectivity index (χ1v) is 7.32. The van der Waals surface area contributed by atoms with Crippen LogP contribution < -0.4 is 0 Å². The monoisotopic (exact) mass is 309 g/mol. The van der Waals surface area contributed by atoms with Crippen molar-refractivity contribution >= 4 is 11.9 Å². The molecule has 0 aliphatic carbocycles. The van der Waals surface area contributed by atoms with Gasteiger partial charge in [0, 0.05) is 12.6 Å². The number of tetrazole rings is 1. The van der Waals surface area contributed by atoms with E-state index >= 15 is 0 Å². The number of likely N-dealkylation sites (N-methyl/N-ethyl adjacent to an activating group) is 1. The predicted molar refractivity (Wildman–Crippen MR) is 79.4 cm³/mol. The molecule has 0 fully saturated rings. The summed E-state index contributed by atoms with van der Waals surface area (Å²) in [6, 6.07) is 0. The van der Waals surface area contributed by atoms with Gasteiger partial charge in [-0.05, 0) is 26.2 Å².